The Hall–Kier alpha value is -0.950. The zero-order chi connectivity index (χ0) is 15.0. The number of nitrogens with zero attached hydrogens (tertiary/aromatic N) is 1. The Kier molecular flexibility index (Phi) is 7.15. The van der Waals surface area contributed by atoms with Crippen LogP contribution in [0.1, 0.15) is 20.8 Å². The van der Waals surface area contributed by atoms with Crippen LogP contribution in [0.5, 0.6) is 0 Å². The highest BCUT2D eigenvalue weighted by atomic mass is 32.2. The molecule has 0 aliphatic carbocycles. The molecule has 0 aromatic carbocycles. The van der Waals surface area contributed by atoms with Crippen molar-refractivity contribution in [2.24, 2.45) is 0 Å². The second kappa shape index (κ2) is 8.36. The maximum absolute atomic E-state index is 11.8. The van der Waals surface area contributed by atoms with E-state index in [-0.39, 0.29) is 5.91 Å². The third-order valence-corrected chi connectivity index (χ3v) is 3.55. The van der Waals surface area contributed by atoms with E-state index in [9.17, 15) is 9.59 Å². The van der Waals surface area contributed by atoms with E-state index < -0.39 is 11.7 Å². The van der Waals surface area contributed by atoms with Gasteiger partial charge in [0, 0.05) is 38.5 Å². The maximum atomic E-state index is 11.8. The summed E-state index contributed by atoms with van der Waals surface area (Å²) in [4.78, 5) is 25.1. The number of amides is 2. The lowest BCUT2D eigenvalue weighted by molar-refractivity contribution is -0.128. The Labute approximate surface area is 125 Å². The molecule has 0 bridgehead atoms. The minimum absolute atomic E-state index is 0.175. The van der Waals surface area contributed by atoms with E-state index in [2.05, 4.69) is 10.6 Å². The minimum Gasteiger partial charge on any atom is -0.444 e. The lowest BCUT2D eigenvalue weighted by atomic mass is 10.2. The molecule has 20 heavy (non-hydrogen) atoms. The SMILES string of the molecule is CC(C)(C)OC(=O)NCCSCC(=O)N1CCNCC1. The first-order chi connectivity index (χ1) is 9.38. The van der Waals surface area contributed by atoms with Crippen LogP contribution in [0.25, 0.3) is 0 Å². The normalized spacial score (nSPS) is 15.8. The standard InChI is InChI=1S/C13H25N3O3S/c1-13(2,3)19-12(18)15-6-9-20-10-11(17)16-7-4-14-5-8-16/h14H,4-10H2,1-3H3,(H,15,18). The van der Waals surface area contributed by atoms with E-state index in [1.807, 2.05) is 25.7 Å². The quantitative estimate of drug-likeness (QED) is 0.731. The van der Waals surface area contributed by atoms with Gasteiger partial charge in [0.05, 0.1) is 5.75 Å². The van der Waals surface area contributed by atoms with Crippen LogP contribution in [0.4, 0.5) is 4.79 Å². The van der Waals surface area contributed by atoms with Crippen LogP contribution in [-0.4, -0.2) is 66.7 Å². The Morgan fingerprint density at radius 1 is 1.30 bits per heavy atom. The maximum Gasteiger partial charge on any atom is 0.407 e. The van der Waals surface area contributed by atoms with Gasteiger partial charge in [-0.1, -0.05) is 0 Å². The summed E-state index contributed by atoms with van der Waals surface area (Å²) in [6.07, 6.45) is -0.411. The van der Waals surface area contributed by atoms with Gasteiger partial charge in [0.15, 0.2) is 0 Å². The van der Waals surface area contributed by atoms with Crippen molar-refractivity contribution in [2.45, 2.75) is 26.4 Å². The third kappa shape index (κ3) is 7.59. The van der Waals surface area contributed by atoms with Gasteiger partial charge in [-0.3, -0.25) is 4.79 Å². The number of rotatable bonds is 5. The van der Waals surface area contributed by atoms with Gasteiger partial charge in [-0.25, -0.2) is 4.79 Å². The predicted molar refractivity (Wildman–Crippen MR) is 81.0 cm³/mol. The average Bonchev–Trinajstić information content (AvgIpc) is 2.37. The molecule has 0 spiro atoms. The van der Waals surface area contributed by atoms with Crippen LogP contribution in [-0.2, 0) is 9.53 Å². The molecule has 0 saturated carbocycles. The second-order valence-electron chi connectivity index (χ2n) is 5.61. The van der Waals surface area contributed by atoms with Crippen molar-refractivity contribution >= 4 is 23.8 Å². The van der Waals surface area contributed by atoms with Crippen LogP contribution >= 0.6 is 11.8 Å². The molecule has 1 aliphatic heterocycles. The van der Waals surface area contributed by atoms with E-state index in [4.69, 9.17) is 4.74 Å². The monoisotopic (exact) mass is 303 g/mol. The fourth-order valence-electron chi connectivity index (χ4n) is 1.70. The van der Waals surface area contributed by atoms with Crippen molar-refractivity contribution in [1.29, 1.82) is 0 Å². The highest BCUT2D eigenvalue weighted by Crippen LogP contribution is 2.07. The third-order valence-electron chi connectivity index (χ3n) is 2.61. The van der Waals surface area contributed by atoms with Crippen molar-refractivity contribution in [3.05, 3.63) is 0 Å². The molecule has 2 N–H and O–H groups in total. The number of hydrogen-bond acceptors (Lipinski definition) is 5. The summed E-state index contributed by atoms with van der Waals surface area (Å²) in [5.41, 5.74) is -0.477. The first-order valence-electron chi connectivity index (χ1n) is 6.91. The zero-order valence-electron chi connectivity index (χ0n) is 12.5. The summed E-state index contributed by atoms with van der Waals surface area (Å²) in [6, 6.07) is 0. The van der Waals surface area contributed by atoms with Gasteiger partial charge in [-0.15, -0.1) is 0 Å². The van der Waals surface area contributed by atoms with Gasteiger partial charge in [-0.2, -0.15) is 11.8 Å². The Morgan fingerprint density at radius 2 is 1.95 bits per heavy atom. The largest absolute Gasteiger partial charge is 0.444 e. The van der Waals surface area contributed by atoms with Crippen molar-refractivity contribution in [2.75, 3.05) is 44.2 Å². The fourth-order valence-corrected chi connectivity index (χ4v) is 2.45. The number of thioether (sulfide) groups is 1. The Morgan fingerprint density at radius 3 is 2.55 bits per heavy atom. The molecule has 1 fully saturated rings. The van der Waals surface area contributed by atoms with Crippen LogP contribution in [0.15, 0.2) is 0 Å². The van der Waals surface area contributed by atoms with Crippen LogP contribution in [0.2, 0.25) is 0 Å². The number of nitrogens with one attached hydrogen (secondary N) is 2. The molecule has 7 heteroatoms. The van der Waals surface area contributed by atoms with Gasteiger partial charge in [0.1, 0.15) is 5.60 Å². The van der Waals surface area contributed by atoms with Gasteiger partial charge < -0.3 is 20.3 Å². The molecule has 1 heterocycles. The summed E-state index contributed by atoms with van der Waals surface area (Å²) in [7, 11) is 0. The molecule has 0 unspecified atom stereocenters. The van der Waals surface area contributed by atoms with E-state index in [0.29, 0.717) is 18.1 Å². The van der Waals surface area contributed by atoms with Crippen LogP contribution in [0.3, 0.4) is 0 Å². The molecule has 2 amide bonds. The summed E-state index contributed by atoms with van der Waals surface area (Å²) < 4.78 is 5.12. The number of carbonyl (C=O) groups excluding carboxylic acids is 2. The van der Waals surface area contributed by atoms with E-state index in [0.717, 1.165) is 26.2 Å². The molecule has 0 atom stereocenters. The van der Waals surface area contributed by atoms with Crippen molar-refractivity contribution in [3.8, 4) is 0 Å². The molecule has 1 saturated heterocycles. The molecule has 0 radical (unpaired) electrons. The van der Waals surface area contributed by atoms with Crippen molar-refractivity contribution in [3.63, 3.8) is 0 Å². The summed E-state index contributed by atoms with van der Waals surface area (Å²) >= 11 is 1.53. The minimum atomic E-state index is -0.477. The zero-order valence-corrected chi connectivity index (χ0v) is 13.3. The number of carbonyl (C=O) groups is 2. The number of hydrogen-bond donors (Lipinski definition) is 2. The van der Waals surface area contributed by atoms with Gasteiger partial charge in [0.25, 0.3) is 0 Å². The van der Waals surface area contributed by atoms with Crippen molar-refractivity contribution in [1.82, 2.24) is 15.5 Å². The molecule has 1 rings (SSSR count). The fraction of sp³-hybridized carbons (Fsp3) is 0.846. The molecule has 0 aromatic heterocycles. The molecular formula is C13H25N3O3S. The first-order valence-corrected chi connectivity index (χ1v) is 8.07. The molecular weight excluding hydrogens is 278 g/mol. The second-order valence-corrected chi connectivity index (χ2v) is 6.72. The van der Waals surface area contributed by atoms with Crippen LogP contribution in [0, 0.1) is 0 Å². The van der Waals surface area contributed by atoms with Gasteiger partial charge >= 0.3 is 6.09 Å². The number of alkyl carbamates (subject to hydrolysis) is 1. The van der Waals surface area contributed by atoms with E-state index in [1.54, 1.807) is 0 Å². The highest BCUT2D eigenvalue weighted by molar-refractivity contribution is 7.99. The molecule has 6 nitrogen and oxygen atoms in total. The summed E-state index contributed by atoms with van der Waals surface area (Å²) in [5, 5.41) is 5.89. The first kappa shape index (κ1) is 17.1. The van der Waals surface area contributed by atoms with Crippen molar-refractivity contribution < 1.29 is 14.3 Å². The summed E-state index contributed by atoms with van der Waals surface area (Å²) in [5.74, 6) is 1.35. The average molecular weight is 303 g/mol. The van der Waals surface area contributed by atoms with E-state index in [1.165, 1.54) is 11.8 Å². The van der Waals surface area contributed by atoms with Gasteiger partial charge in [0.2, 0.25) is 5.91 Å². The Balaban J connectivity index is 2.04. The lowest BCUT2D eigenvalue weighted by Crippen LogP contribution is -2.47. The molecule has 1 aliphatic rings. The smallest absolute Gasteiger partial charge is 0.407 e. The molecule has 0 aromatic rings. The van der Waals surface area contributed by atoms with Gasteiger partial charge in [-0.05, 0) is 20.8 Å². The predicted octanol–water partition coefficient (Wildman–Crippen LogP) is 0.676. The lowest BCUT2D eigenvalue weighted by Gasteiger charge is -2.27. The number of piperazine rings is 1. The Bertz CT molecular complexity index is 325. The highest BCUT2D eigenvalue weighted by Gasteiger charge is 2.17. The topological polar surface area (TPSA) is 70.7 Å². The number of ether oxygens (including phenoxy) is 1. The summed E-state index contributed by atoms with van der Waals surface area (Å²) in [6.45, 7) is 9.31. The van der Waals surface area contributed by atoms with E-state index >= 15 is 0 Å². The van der Waals surface area contributed by atoms with Crippen LogP contribution < -0.4 is 10.6 Å². The molecule has 116 valence electrons.